The normalized spacial score (nSPS) is 14.6. The Balaban J connectivity index is 1.46. The molecule has 206 valence electrons. The average molecular weight is 543 g/mol. The van der Waals surface area contributed by atoms with Gasteiger partial charge in [-0.1, -0.05) is 6.07 Å². The first-order chi connectivity index (χ1) is 18.3. The molecule has 0 unspecified atom stereocenters. The molecule has 9 nitrogen and oxygen atoms in total. The summed E-state index contributed by atoms with van der Waals surface area (Å²) in [6.45, 7) is 4.71. The first-order valence-electron chi connectivity index (χ1n) is 12.9. The smallest absolute Gasteiger partial charge is 0.224 e. The minimum Gasteiger partial charge on any atom is -0.496 e. The van der Waals surface area contributed by atoms with Gasteiger partial charge in [-0.25, -0.2) is 9.97 Å². The largest absolute Gasteiger partial charge is 0.496 e. The number of aromatic nitrogens is 2. The van der Waals surface area contributed by atoms with E-state index in [2.05, 4.69) is 69.3 Å². The topological polar surface area (TPSA) is 75.2 Å². The van der Waals surface area contributed by atoms with Gasteiger partial charge in [0.05, 0.1) is 26.8 Å². The Bertz CT molecular complexity index is 1230. The molecule has 0 spiro atoms. The number of fused-ring (bicyclic) bond motifs is 1. The van der Waals surface area contributed by atoms with E-state index in [-0.39, 0.29) is 11.3 Å². The van der Waals surface area contributed by atoms with E-state index in [0.29, 0.717) is 22.8 Å². The van der Waals surface area contributed by atoms with Gasteiger partial charge in [0.25, 0.3) is 0 Å². The van der Waals surface area contributed by atoms with Gasteiger partial charge in [0, 0.05) is 68.5 Å². The van der Waals surface area contributed by atoms with Crippen molar-refractivity contribution in [3.63, 3.8) is 0 Å². The number of hydrogen-bond acceptors (Lipinski definition) is 9. The maximum absolute atomic E-state index is 6.27. The van der Waals surface area contributed by atoms with E-state index >= 15 is 0 Å². The summed E-state index contributed by atoms with van der Waals surface area (Å²) in [7, 11) is 11.3. The molecular weight excluding hydrogens is 504 g/mol. The lowest BCUT2D eigenvalue weighted by Gasteiger charge is -2.34. The van der Waals surface area contributed by atoms with E-state index in [9.17, 15) is 0 Å². The molecule has 0 radical (unpaired) electrons. The van der Waals surface area contributed by atoms with Gasteiger partial charge >= 0.3 is 0 Å². The van der Waals surface area contributed by atoms with Crippen molar-refractivity contribution in [2.45, 2.75) is 25.4 Å². The van der Waals surface area contributed by atoms with Crippen LogP contribution in [0.25, 0.3) is 10.9 Å². The van der Waals surface area contributed by atoms with Crippen LogP contribution in [0.3, 0.4) is 0 Å². The molecule has 0 aliphatic carbocycles. The monoisotopic (exact) mass is 542 g/mol. The number of likely N-dealkylation sites (N-methyl/N-ethyl adjacent to an activating group) is 2. The number of rotatable bonds is 11. The Kier molecular flexibility index (Phi) is 9.35. The molecule has 2 heterocycles. The van der Waals surface area contributed by atoms with Crippen LogP contribution in [0.15, 0.2) is 30.3 Å². The van der Waals surface area contributed by atoms with Gasteiger partial charge in [-0.15, -0.1) is 0 Å². The molecule has 10 heteroatoms. The summed E-state index contributed by atoms with van der Waals surface area (Å²) in [5, 5.41) is 4.68. The molecule has 0 saturated carbocycles. The summed E-state index contributed by atoms with van der Waals surface area (Å²) in [6, 6.07) is 10.3. The third kappa shape index (κ3) is 6.51. The van der Waals surface area contributed by atoms with E-state index in [1.54, 1.807) is 21.3 Å². The third-order valence-corrected chi connectivity index (χ3v) is 7.28. The molecule has 1 fully saturated rings. The fraction of sp³-hybridized carbons (Fsp3) is 0.500. The molecule has 4 rings (SSSR count). The van der Waals surface area contributed by atoms with E-state index in [1.165, 1.54) is 11.3 Å². The van der Waals surface area contributed by atoms with Crippen LogP contribution < -0.4 is 24.4 Å². The zero-order chi connectivity index (χ0) is 27.2. The standard InChI is InChI=1S/C28H39ClN6O3/c1-33(2)14-15-34(3)23-8-7-9-24(36-4)21(23)18-35-12-10-19(11-13-35)30-27-20-16-25(37-5)26(38-6)17-22(20)31-28(29)32-27/h7-9,16-17,19H,10-15,18H2,1-6H3,(H,30,31,32). The van der Waals surface area contributed by atoms with Crippen molar-refractivity contribution in [1.29, 1.82) is 0 Å². The van der Waals surface area contributed by atoms with Gasteiger partial charge in [-0.2, -0.15) is 0 Å². The summed E-state index contributed by atoms with van der Waals surface area (Å²) in [5.74, 6) is 2.89. The maximum Gasteiger partial charge on any atom is 0.224 e. The SMILES string of the molecule is COc1cc2nc(Cl)nc(NC3CCN(Cc4c(OC)cccc4N(C)CCN(C)C)CC3)c2cc1OC. The molecule has 1 aliphatic heterocycles. The molecule has 0 bridgehead atoms. The molecule has 0 atom stereocenters. The van der Waals surface area contributed by atoms with Crippen molar-refractivity contribution in [3.05, 3.63) is 41.2 Å². The lowest BCUT2D eigenvalue weighted by molar-refractivity contribution is 0.209. The number of halogens is 1. The fourth-order valence-corrected chi connectivity index (χ4v) is 5.10. The molecular formula is C28H39ClN6O3. The van der Waals surface area contributed by atoms with E-state index in [1.807, 2.05) is 12.1 Å². The van der Waals surface area contributed by atoms with E-state index < -0.39 is 0 Å². The van der Waals surface area contributed by atoms with Crippen LogP contribution >= 0.6 is 11.6 Å². The van der Waals surface area contributed by atoms with Crippen molar-refractivity contribution >= 4 is 34.0 Å². The summed E-state index contributed by atoms with van der Waals surface area (Å²) < 4.78 is 16.7. The van der Waals surface area contributed by atoms with Crippen LogP contribution in [0.4, 0.5) is 11.5 Å². The Labute approximate surface area is 230 Å². The van der Waals surface area contributed by atoms with Crippen LogP contribution in [0.1, 0.15) is 18.4 Å². The number of methoxy groups -OCH3 is 3. The van der Waals surface area contributed by atoms with Crippen molar-refractivity contribution in [2.75, 3.05) is 78.9 Å². The van der Waals surface area contributed by atoms with Gasteiger partial charge in [-0.3, -0.25) is 4.90 Å². The van der Waals surface area contributed by atoms with Gasteiger partial charge in [0.15, 0.2) is 11.5 Å². The molecule has 2 aromatic carbocycles. The van der Waals surface area contributed by atoms with Crippen LogP contribution in [-0.4, -0.2) is 94.5 Å². The van der Waals surface area contributed by atoms with Crippen LogP contribution in [0.2, 0.25) is 5.28 Å². The third-order valence-electron chi connectivity index (χ3n) is 7.11. The number of nitrogens with one attached hydrogen (secondary N) is 1. The van der Waals surface area contributed by atoms with Crippen LogP contribution in [0.5, 0.6) is 17.2 Å². The second-order valence-electron chi connectivity index (χ2n) is 9.94. The fourth-order valence-electron chi connectivity index (χ4n) is 4.92. The highest BCUT2D eigenvalue weighted by Crippen LogP contribution is 2.35. The maximum atomic E-state index is 6.27. The van der Waals surface area contributed by atoms with E-state index in [4.69, 9.17) is 25.8 Å². The number of benzene rings is 2. The Morgan fingerprint density at radius 1 is 0.947 bits per heavy atom. The Morgan fingerprint density at radius 2 is 1.63 bits per heavy atom. The summed E-state index contributed by atoms with van der Waals surface area (Å²) in [4.78, 5) is 15.9. The van der Waals surface area contributed by atoms with Crippen molar-refractivity contribution in [3.8, 4) is 17.2 Å². The highest BCUT2D eigenvalue weighted by atomic mass is 35.5. The number of piperidine rings is 1. The minimum absolute atomic E-state index is 0.201. The van der Waals surface area contributed by atoms with Gasteiger partial charge in [0.2, 0.25) is 5.28 Å². The Morgan fingerprint density at radius 3 is 2.29 bits per heavy atom. The van der Waals surface area contributed by atoms with E-state index in [0.717, 1.165) is 56.7 Å². The number of ether oxygens (including phenoxy) is 3. The predicted octanol–water partition coefficient (Wildman–Crippen LogP) is 4.38. The highest BCUT2D eigenvalue weighted by molar-refractivity contribution is 6.28. The quantitative estimate of drug-likeness (QED) is 0.355. The van der Waals surface area contributed by atoms with Gasteiger partial charge < -0.3 is 29.3 Å². The summed E-state index contributed by atoms with van der Waals surface area (Å²) in [6.07, 6.45) is 1.97. The number of likely N-dealkylation sites (tertiary alicyclic amines) is 1. The van der Waals surface area contributed by atoms with Crippen molar-refractivity contribution in [1.82, 2.24) is 19.8 Å². The minimum atomic E-state index is 0.201. The number of nitrogens with zero attached hydrogens (tertiary/aromatic N) is 5. The second kappa shape index (κ2) is 12.7. The van der Waals surface area contributed by atoms with Crippen molar-refractivity contribution < 1.29 is 14.2 Å². The predicted molar refractivity (Wildman–Crippen MR) is 154 cm³/mol. The van der Waals surface area contributed by atoms with Gasteiger partial charge in [-0.05, 0) is 56.7 Å². The van der Waals surface area contributed by atoms with Crippen LogP contribution in [0, 0.1) is 0 Å². The summed E-state index contributed by atoms with van der Waals surface area (Å²) >= 11 is 6.27. The molecule has 1 aromatic heterocycles. The first-order valence-corrected chi connectivity index (χ1v) is 13.3. The molecule has 3 aromatic rings. The Hall–Kier alpha value is -3.01. The zero-order valence-electron chi connectivity index (χ0n) is 23.3. The van der Waals surface area contributed by atoms with Crippen molar-refractivity contribution in [2.24, 2.45) is 0 Å². The lowest BCUT2D eigenvalue weighted by atomic mass is 10.0. The summed E-state index contributed by atoms with van der Waals surface area (Å²) in [5.41, 5.74) is 3.17. The number of anilines is 2. The van der Waals surface area contributed by atoms with Gasteiger partial charge in [0.1, 0.15) is 11.6 Å². The first kappa shape index (κ1) is 28.0. The molecule has 1 N–H and O–H groups in total. The molecule has 0 amide bonds. The highest BCUT2D eigenvalue weighted by Gasteiger charge is 2.24. The average Bonchev–Trinajstić information content (AvgIpc) is 2.92. The van der Waals surface area contributed by atoms with Crippen LogP contribution in [-0.2, 0) is 6.54 Å². The molecule has 38 heavy (non-hydrogen) atoms. The lowest BCUT2D eigenvalue weighted by Crippen LogP contribution is -2.39. The zero-order valence-corrected chi connectivity index (χ0v) is 24.0. The number of hydrogen-bond donors (Lipinski definition) is 1. The molecule has 1 saturated heterocycles. The second-order valence-corrected chi connectivity index (χ2v) is 10.3. The molecule has 1 aliphatic rings.